The molecule has 2 aromatic rings. The Balaban J connectivity index is 1.05. The quantitative estimate of drug-likeness (QED) is 0.447. The Morgan fingerprint density at radius 3 is 2.44 bits per heavy atom. The van der Waals surface area contributed by atoms with Crippen LogP contribution in [0.25, 0.3) is 0 Å². The highest BCUT2D eigenvalue weighted by Gasteiger charge is 2.43. The molecule has 2 amide bonds. The largest absolute Gasteiger partial charge is 0.446 e. The van der Waals surface area contributed by atoms with Gasteiger partial charge < -0.3 is 29.2 Å². The molecule has 1 spiro atoms. The predicted octanol–water partition coefficient (Wildman–Crippen LogP) is 5.95. The molecular weight excluding hydrogens is 565 g/mol. The Morgan fingerprint density at radius 2 is 1.77 bits per heavy atom. The number of anilines is 3. The van der Waals surface area contributed by atoms with Crippen LogP contribution < -0.4 is 15.1 Å². The number of halogens is 3. The summed E-state index contributed by atoms with van der Waals surface area (Å²) in [7, 11) is 0. The molecule has 234 valence electrons. The number of alkyl halides is 3. The first kappa shape index (κ1) is 29.6. The third kappa shape index (κ3) is 6.54. The molecule has 1 saturated carbocycles. The third-order valence-corrected chi connectivity index (χ3v) is 9.44. The van der Waals surface area contributed by atoms with E-state index >= 15 is 0 Å². The summed E-state index contributed by atoms with van der Waals surface area (Å²) in [6.07, 6.45) is 5.22. The van der Waals surface area contributed by atoms with Crippen LogP contribution in [0.15, 0.2) is 22.7 Å². The van der Waals surface area contributed by atoms with Crippen molar-refractivity contribution in [2.45, 2.75) is 77.0 Å². The first-order valence-electron chi connectivity index (χ1n) is 15.4. The fourth-order valence-electron chi connectivity index (χ4n) is 6.91. The van der Waals surface area contributed by atoms with Crippen molar-refractivity contribution in [2.24, 2.45) is 11.3 Å². The average Bonchev–Trinajstić information content (AvgIpc) is 3.75. The van der Waals surface area contributed by atoms with Gasteiger partial charge in [-0.2, -0.15) is 18.2 Å². The summed E-state index contributed by atoms with van der Waals surface area (Å²) < 4.78 is 52.4. The Bertz CT molecular complexity index is 1300. The van der Waals surface area contributed by atoms with Crippen LogP contribution in [-0.2, 0) is 10.9 Å². The number of amides is 2. The van der Waals surface area contributed by atoms with E-state index in [1.165, 1.54) is 6.20 Å². The molecule has 0 radical (unpaired) electrons. The lowest BCUT2D eigenvalue weighted by Gasteiger charge is -2.39. The Kier molecular flexibility index (Phi) is 8.16. The molecule has 4 fully saturated rings. The number of aromatic nitrogens is 2. The standard InChI is InChI=1S/C30H39F3N6O4/c1-20-5-4-13-38(18-20)27-36-25(30(31,32)33)24(43-27)26(40)35-21-8-9-23(34-17-21)39-16-12-29(19-39)10-14-37(15-11-29)28(41)42-22-6-2-3-7-22/h8-9,17,20,22H,2-7,10-16,18-19H2,1H3,(H,35,40). The van der Waals surface area contributed by atoms with E-state index in [2.05, 4.69) is 20.2 Å². The van der Waals surface area contributed by atoms with Crippen molar-refractivity contribution in [3.8, 4) is 0 Å². The number of oxazole rings is 1. The van der Waals surface area contributed by atoms with Crippen LogP contribution in [0.4, 0.5) is 35.5 Å². The van der Waals surface area contributed by atoms with E-state index < -0.39 is 23.5 Å². The molecule has 1 aliphatic carbocycles. The average molecular weight is 605 g/mol. The zero-order valence-corrected chi connectivity index (χ0v) is 24.5. The minimum atomic E-state index is -4.84. The van der Waals surface area contributed by atoms with Gasteiger partial charge in [0.2, 0.25) is 5.76 Å². The second-order valence-electron chi connectivity index (χ2n) is 12.7. The molecule has 4 aliphatic rings. The van der Waals surface area contributed by atoms with Crippen LogP contribution in [-0.4, -0.2) is 72.2 Å². The Labute approximate surface area is 248 Å². The summed E-state index contributed by atoms with van der Waals surface area (Å²) in [5.74, 6) is -0.857. The monoisotopic (exact) mass is 604 g/mol. The summed E-state index contributed by atoms with van der Waals surface area (Å²) in [6, 6.07) is 3.20. The molecule has 10 nitrogen and oxygen atoms in total. The number of rotatable bonds is 5. The number of piperidine rings is 2. The number of nitrogens with zero attached hydrogens (tertiary/aromatic N) is 5. The molecule has 1 atom stereocenters. The molecule has 43 heavy (non-hydrogen) atoms. The zero-order chi connectivity index (χ0) is 30.2. The minimum Gasteiger partial charge on any atom is -0.446 e. The second-order valence-corrected chi connectivity index (χ2v) is 12.7. The molecular formula is C30H39F3N6O4. The number of hydrogen-bond acceptors (Lipinski definition) is 8. The number of pyridine rings is 1. The van der Waals surface area contributed by atoms with E-state index in [0.29, 0.717) is 32.1 Å². The molecule has 6 rings (SSSR count). The van der Waals surface area contributed by atoms with Crippen molar-refractivity contribution in [3.63, 3.8) is 0 Å². The third-order valence-electron chi connectivity index (χ3n) is 9.44. The van der Waals surface area contributed by atoms with Gasteiger partial charge in [-0.05, 0) is 81.3 Å². The molecule has 5 heterocycles. The van der Waals surface area contributed by atoms with Crippen molar-refractivity contribution >= 4 is 29.5 Å². The van der Waals surface area contributed by atoms with Crippen LogP contribution in [0.2, 0.25) is 0 Å². The number of carbonyl (C=O) groups is 2. The highest BCUT2D eigenvalue weighted by atomic mass is 19.4. The Hall–Kier alpha value is -3.51. The lowest BCUT2D eigenvalue weighted by molar-refractivity contribution is -0.141. The molecule has 1 unspecified atom stereocenters. The molecule has 13 heteroatoms. The topological polar surface area (TPSA) is 104 Å². The van der Waals surface area contributed by atoms with Crippen LogP contribution in [0.3, 0.4) is 0 Å². The smallest absolute Gasteiger partial charge is 0.437 e. The van der Waals surface area contributed by atoms with Crippen molar-refractivity contribution in [2.75, 3.05) is 54.4 Å². The molecule has 0 aromatic carbocycles. The number of likely N-dealkylation sites (tertiary alicyclic amines) is 1. The molecule has 1 N–H and O–H groups in total. The summed E-state index contributed by atoms with van der Waals surface area (Å²) >= 11 is 0. The van der Waals surface area contributed by atoms with Gasteiger partial charge in [-0.1, -0.05) is 6.92 Å². The van der Waals surface area contributed by atoms with Gasteiger partial charge in [0.05, 0.1) is 11.9 Å². The van der Waals surface area contributed by atoms with Gasteiger partial charge in [0, 0.05) is 39.3 Å². The van der Waals surface area contributed by atoms with Gasteiger partial charge in [0.1, 0.15) is 11.9 Å². The van der Waals surface area contributed by atoms with Crippen LogP contribution in [0.1, 0.15) is 81.0 Å². The second kappa shape index (κ2) is 11.9. The van der Waals surface area contributed by atoms with Crippen molar-refractivity contribution in [1.82, 2.24) is 14.9 Å². The minimum absolute atomic E-state index is 0.0626. The summed E-state index contributed by atoms with van der Waals surface area (Å²) in [6.45, 7) is 6.05. The summed E-state index contributed by atoms with van der Waals surface area (Å²) in [4.78, 5) is 39.3. The lowest BCUT2D eigenvalue weighted by Crippen LogP contribution is -2.45. The van der Waals surface area contributed by atoms with E-state index in [9.17, 15) is 22.8 Å². The van der Waals surface area contributed by atoms with E-state index in [1.54, 1.807) is 17.0 Å². The molecule has 3 saturated heterocycles. The SMILES string of the molecule is CC1CCCN(c2nc(C(F)(F)F)c(C(=O)Nc3ccc(N4CCC5(CCN(C(=O)OC6CCCC6)CC5)C4)nc3)o2)C1. The number of ether oxygens (including phenoxy) is 1. The summed E-state index contributed by atoms with van der Waals surface area (Å²) in [5.41, 5.74) is -0.972. The maximum atomic E-state index is 13.8. The van der Waals surface area contributed by atoms with Gasteiger partial charge in [0.25, 0.3) is 11.9 Å². The maximum Gasteiger partial charge on any atom is 0.437 e. The maximum absolute atomic E-state index is 13.8. The van der Waals surface area contributed by atoms with Crippen molar-refractivity contribution < 1.29 is 31.9 Å². The number of hydrogen-bond donors (Lipinski definition) is 1. The number of carbonyl (C=O) groups excluding carboxylic acids is 2. The van der Waals surface area contributed by atoms with Crippen LogP contribution in [0.5, 0.6) is 0 Å². The van der Waals surface area contributed by atoms with Gasteiger partial charge in [0.15, 0.2) is 5.69 Å². The Morgan fingerprint density at radius 1 is 1.02 bits per heavy atom. The van der Waals surface area contributed by atoms with Crippen molar-refractivity contribution in [3.05, 3.63) is 29.8 Å². The number of nitrogens with one attached hydrogen (secondary N) is 1. The fourth-order valence-corrected chi connectivity index (χ4v) is 6.91. The van der Waals surface area contributed by atoms with Crippen LogP contribution >= 0.6 is 0 Å². The highest BCUT2D eigenvalue weighted by Crippen LogP contribution is 2.42. The van der Waals surface area contributed by atoms with E-state index in [1.807, 2.05) is 11.8 Å². The van der Waals surface area contributed by atoms with Gasteiger partial charge in [-0.25, -0.2) is 9.78 Å². The molecule has 3 aliphatic heterocycles. The first-order chi connectivity index (χ1) is 20.6. The van der Waals surface area contributed by atoms with Gasteiger partial charge in [-0.15, -0.1) is 0 Å². The fraction of sp³-hybridized carbons (Fsp3) is 0.667. The first-order valence-corrected chi connectivity index (χ1v) is 15.4. The lowest BCUT2D eigenvalue weighted by atomic mass is 9.78. The predicted molar refractivity (Wildman–Crippen MR) is 153 cm³/mol. The van der Waals surface area contributed by atoms with Gasteiger partial charge in [-0.3, -0.25) is 4.79 Å². The molecule has 2 aromatic heterocycles. The summed E-state index contributed by atoms with van der Waals surface area (Å²) in [5, 5.41) is 2.49. The van der Waals surface area contributed by atoms with Crippen LogP contribution in [0, 0.1) is 11.3 Å². The van der Waals surface area contributed by atoms with Crippen molar-refractivity contribution in [1.29, 1.82) is 0 Å². The molecule has 0 bridgehead atoms. The normalized spacial score (nSPS) is 22.8. The van der Waals surface area contributed by atoms with E-state index in [-0.39, 0.29) is 29.3 Å². The zero-order valence-electron chi connectivity index (χ0n) is 24.5. The van der Waals surface area contributed by atoms with E-state index in [4.69, 9.17) is 9.15 Å². The van der Waals surface area contributed by atoms with E-state index in [0.717, 1.165) is 76.7 Å². The van der Waals surface area contributed by atoms with Gasteiger partial charge >= 0.3 is 12.3 Å². The highest BCUT2D eigenvalue weighted by molar-refractivity contribution is 6.03.